The molecule has 3 aliphatic rings. The van der Waals surface area contributed by atoms with Crippen molar-refractivity contribution in [3.63, 3.8) is 0 Å². The molecule has 0 nitrogen and oxygen atoms in total. The third kappa shape index (κ3) is 2.64. The van der Waals surface area contributed by atoms with Gasteiger partial charge in [0.15, 0.2) is 0 Å². The van der Waals surface area contributed by atoms with Gasteiger partial charge >= 0.3 is 169 Å². The maximum atomic E-state index is 7.03. The van der Waals surface area contributed by atoms with Crippen molar-refractivity contribution in [2.45, 2.75) is 51.1 Å². The van der Waals surface area contributed by atoms with Crippen molar-refractivity contribution >= 4 is 17.2 Å². The van der Waals surface area contributed by atoms with Crippen LogP contribution < -0.4 is 0 Å². The molecule has 0 amide bonds. The van der Waals surface area contributed by atoms with Crippen molar-refractivity contribution in [2.75, 3.05) is 0 Å². The van der Waals surface area contributed by atoms with Crippen LogP contribution in [0.25, 0.3) is 0 Å². The predicted octanol–water partition coefficient (Wildman–Crippen LogP) is 7.78. The Morgan fingerprint density at radius 1 is 1.16 bits per heavy atom. The van der Waals surface area contributed by atoms with Gasteiger partial charge in [-0.1, -0.05) is 0 Å². The summed E-state index contributed by atoms with van der Waals surface area (Å²) in [5.74, 6) is 0.393. The Morgan fingerprint density at radius 2 is 1.84 bits per heavy atom. The Labute approximate surface area is 167 Å². The van der Waals surface area contributed by atoms with Gasteiger partial charge in [0, 0.05) is 0 Å². The minimum absolute atomic E-state index is 0.0733. The quantitative estimate of drug-likeness (QED) is 0.314. The van der Waals surface area contributed by atoms with Crippen LogP contribution in [-0.2, 0) is 19.1 Å². The van der Waals surface area contributed by atoms with Crippen LogP contribution >= 0.6 is 17.2 Å². The standard InChI is InChI=1S/C22H27.2ClH.Hf/c1-14(2)20-19-16(4)15(3)10-9-13-18(19)21(22(20,5)6)17-11-7-8-12-17;;;/h7-11,13,16H,12H2,1-6H3;2*1H;/q;;;+2/p-2. The Hall–Kier alpha value is -0.110. The van der Waals surface area contributed by atoms with Gasteiger partial charge < -0.3 is 0 Å². The van der Waals surface area contributed by atoms with Gasteiger partial charge in [0.25, 0.3) is 0 Å². The first-order valence-electron chi connectivity index (χ1n) is 8.99. The second-order valence-corrected chi connectivity index (χ2v) is 20.5. The molecular formula is C22H27Cl2Hf. The molecular weight excluding hydrogens is 514 g/mol. The van der Waals surface area contributed by atoms with E-state index in [0.29, 0.717) is 5.92 Å². The maximum absolute atomic E-state index is 7.03. The third-order valence-corrected chi connectivity index (χ3v) is 17.3. The van der Waals surface area contributed by atoms with Crippen LogP contribution in [0.5, 0.6) is 0 Å². The van der Waals surface area contributed by atoms with Crippen LogP contribution in [0.15, 0.2) is 69.9 Å². The molecule has 3 aliphatic carbocycles. The first kappa shape index (κ1) is 19.6. The Kier molecular flexibility index (Phi) is 5.35. The van der Waals surface area contributed by atoms with Crippen LogP contribution in [0.4, 0.5) is 0 Å². The molecule has 0 fully saturated rings. The van der Waals surface area contributed by atoms with Gasteiger partial charge in [0.05, 0.1) is 0 Å². The number of hydrogen-bond acceptors (Lipinski definition) is 0. The average molecular weight is 541 g/mol. The van der Waals surface area contributed by atoms with E-state index < -0.39 is 19.1 Å². The van der Waals surface area contributed by atoms with Crippen molar-refractivity contribution < 1.29 is 19.1 Å². The molecule has 0 bridgehead atoms. The Balaban J connectivity index is 2.43. The van der Waals surface area contributed by atoms with Gasteiger partial charge in [-0.05, 0) is 0 Å². The Bertz CT molecular complexity index is 783. The molecule has 0 saturated carbocycles. The molecule has 3 heteroatoms. The van der Waals surface area contributed by atoms with E-state index in [1.807, 2.05) is 0 Å². The van der Waals surface area contributed by atoms with Gasteiger partial charge in [-0.15, -0.1) is 0 Å². The second kappa shape index (κ2) is 6.80. The summed E-state index contributed by atoms with van der Waals surface area (Å²) in [6.07, 6.45) is 14.4. The molecule has 2 unspecified atom stereocenters. The summed E-state index contributed by atoms with van der Waals surface area (Å²) in [5.41, 5.74) is 8.50. The van der Waals surface area contributed by atoms with E-state index in [1.165, 1.54) is 33.4 Å². The first-order chi connectivity index (χ1) is 11.7. The average Bonchev–Trinajstić information content (AvgIpc) is 3.06. The Morgan fingerprint density at radius 3 is 2.36 bits per heavy atom. The van der Waals surface area contributed by atoms with Crippen molar-refractivity contribution in [3.8, 4) is 0 Å². The van der Waals surface area contributed by atoms with E-state index in [1.54, 1.807) is 0 Å². The molecule has 3 rings (SSSR count). The fourth-order valence-corrected chi connectivity index (χ4v) is 17.9. The van der Waals surface area contributed by atoms with Crippen LogP contribution in [0, 0.1) is 11.3 Å². The zero-order valence-electron chi connectivity index (χ0n) is 16.0. The van der Waals surface area contributed by atoms with Gasteiger partial charge in [-0.2, -0.15) is 0 Å². The summed E-state index contributed by atoms with van der Waals surface area (Å²) in [6, 6.07) is 0. The summed E-state index contributed by atoms with van der Waals surface area (Å²) in [7, 11) is 14.1. The van der Waals surface area contributed by atoms with Crippen molar-refractivity contribution in [1.29, 1.82) is 0 Å². The normalized spacial score (nSPS) is 30.2. The van der Waals surface area contributed by atoms with E-state index in [2.05, 4.69) is 78.0 Å². The molecule has 0 aromatic rings. The van der Waals surface area contributed by atoms with E-state index in [-0.39, 0.29) is 8.59 Å². The van der Waals surface area contributed by atoms with E-state index in [0.717, 1.165) is 6.42 Å². The summed E-state index contributed by atoms with van der Waals surface area (Å²) in [6.45, 7) is 13.8. The minimum atomic E-state index is -2.96. The molecule has 0 N–H and O–H groups in total. The molecule has 0 aliphatic heterocycles. The number of halogens is 2. The summed E-state index contributed by atoms with van der Waals surface area (Å²) < 4.78 is -0.185. The van der Waals surface area contributed by atoms with Crippen molar-refractivity contribution in [2.24, 2.45) is 11.3 Å². The topological polar surface area (TPSA) is 0 Å². The van der Waals surface area contributed by atoms with Crippen LogP contribution in [-0.4, -0.2) is 0 Å². The van der Waals surface area contributed by atoms with E-state index in [4.69, 9.17) is 17.2 Å². The van der Waals surface area contributed by atoms with Crippen LogP contribution in [0.1, 0.15) is 48.0 Å². The molecule has 0 heterocycles. The van der Waals surface area contributed by atoms with Gasteiger partial charge in [-0.25, -0.2) is 0 Å². The molecule has 0 radical (unpaired) electrons. The molecule has 0 saturated heterocycles. The summed E-state index contributed by atoms with van der Waals surface area (Å²) >= 11 is -2.96. The zero-order valence-corrected chi connectivity index (χ0v) is 21.1. The monoisotopic (exact) mass is 541 g/mol. The van der Waals surface area contributed by atoms with E-state index >= 15 is 0 Å². The number of rotatable bonds is 2. The summed E-state index contributed by atoms with van der Waals surface area (Å²) in [5, 5.41) is 0. The predicted molar refractivity (Wildman–Crippen MR) is 107 cm³/mol. The van der Waals surface area contributed by atoms with Crippen molar-refractivity contribution in [1.82, 2.24) is 0 Å². The molecule has 2 atom stereocenters. The molecule has 0 spiro atoms. The van der Waals surface area contributed by atoms with Crippen LogP contribution in [0.3, 0.4) is 0 Å². The van der Waals surface area contributed by atoms with Gasteiger partial charge in [-0.3, -0.25) is 0 Å². The van der Waals surface area contributed by atoms with E-state index in [9.17, 15) is 0 Å². The van der Waals surface area contributed by atoms with Gasteiger partial charge in [0.1, 0.15) is 0 Å². The second-order valence-electron chi connectivity index (χ2n) is 8.15. The summed E-state index contributed by atoms with van der Waals surface area (Å²) in [4.78, 5) is 0. The first-order valence-corrected chi connectivity index (χ1v) is 19.7. The number of allylic oxidation sites excluding steroid dienone is 12. The fraction of sp³-hybridized carbons (Fsp3) is 0.455. The fourth-order valence-electron chi connectivity index (χ4n) is 5.18. The number of hydrogen-bond donors (Lipinski definition) is 0. The molecule has 133 valence electrons. The van der Waals surface area contributed by atoms with Crippen molar-refractivity contribution in [3.05, 3.63) is 69.9 Å². The third-order valence-electron chi connectivity index (χ3n) is 6.30. The van der Waals surface area contributed by atoms with Gasteiger partial charge in [0.2, 0.25) is 0 Å². The zero-order chi connectivity index (χ0) is 18.6. The molecule has 0 aromatic carbocycles. The SMILES string of the molecule is CC1=CC=CC2=C(C(=C(C)C)C(C)(C)[C]2(C2=CC=CC2)[Hf]([Cl])[Cl])C1C. The molecule has 25 heavy (non-hydrogen) atoms. The van der Waals surface area contributed by atoms with Crippen LogP contribution in [0.2, 0.25) is 3.17 Å². The molecule has 0 aromatic heterocycles.